The molecule has 0 spiro atoms. The van der Waals surface area contributed by atoms with Gasteiger partial charge in [-0.2, -0.15) is 12.6 Å². The number of primary amides is 1. The number of aromatic hydroxyl groups is 1. The SMILES string of the molecule is NC(=O)CC(NC(=O)C(N)Cc1ccc(O)cc1)C(=O)NC(CS)C(=O)NC(Cc1ccccc1)C(=O)O. The summed E-state index contributed by atoms with van der Waals surface area (Å²) in [4.78, 5) is 61.5. The fraction of sp³-hybridized carbons (Fsp3) is 0.320. The first-order valence-electron chi connectivity index (χ1n) is 11.6. The van der Waals surface area contributed by atoms with E-state index >= 15 is 0 Å². The van der Waals surface area contributed by atoms with Gasteiger partial charge in [-0.3, -0.25) is 19.2 Å². The third kappa shape index (κ3) is 9.75. The number of phenols is 1. The van der Waals surface area contributed by atoms with E-state index in [9.17, 15) is 34.2 Å². The molecule has 0 bridgehead atoms. The maximum absolute atomic E-state index is 12.9. The molecule has 13 heteroatoms. The topological polar surface area (TPSA) is 214 Å². The Morgan fingerprint density at radius 2 is 1.29 bits per heavy atom. The number of carbonyl (C=O) groups is 5. The number of hydrogen-bond donors (Lipinski definition) is 8. The fourth-order valence-electron chi connectivity index (χ4n) is 3.46. The molecular weight excluding hydrogens is 514 g/mol. The average molecular weight is 546 g/mol. The molecule has 0 aliphatic heterocycles. The molecule has 38 heavy (non-hydrogen) atoms. The van der Waals surface area contributed by atoms with Crippen LogP contribution in [0.3, 0.4) is 0 Å². The highest BCUT2D eigenvalue weighted by atomic mass is 32.1. The lowest BCUT2D eigenvalue weighted by molar-refractivity contribution is -0.142. The van der Waals surface area contributed by atoms with Gasteiger partial charge in [-0.1, -0.05) is 42.5 Å². The Morgan fingerprint density at radius 1 is 0.763 bits per heavy atom. The van der Waals surface area contributed by atoms with Crippen LogP contribution in [0.15, 0.2) is 54.6 Å². The Bertz CT molecular complexity index is 1130. The molecule has 0 saturated carbocycles. The van der Waals surface area contributed by atoms with E-state index in [1.807, 2.05) is 0 Å². The molecule has 2 aromatic carbocycles. The summed E-state index contributed by atoms with van der Waals surface area (Å²) in [7, 11) is 0. The zero-order chi connectivity index (χ0) is 28.2. The van der Waals surface area contributed by atoms with Gasteiger partial charge in [0.15, 0.2) is 0 Å². The molecular formula is C25H31N5O7S. The third-order valence-corrected chi connectivity index (χ3v) is 5.84. The minimum atomic E-state index is -1.44. The van der Waals surface area contributed by atoms with E-state index in [0.29, 0.717) is 11.1 Å². The lowest BCUT2D eigenvalue weighted by Crippen LogP contribution is -2.58. The van der Waals surface area contributed by atoms with E-state index in [-0.39, 0.29) is 24.3 Å². The van der Waals surface area contributed by atoms with Gasteiger partial charge in [0.05, 0.1) is 12.5 Å². The second kappa shape index (κ2) is 14.6. The number of amides is 4. The normalized spacial score (nSPS) is 13.8. The Hall–Kier alpha value is -4.10. The Labute approximate surface area is 224 Å². The van der Waals surface area contributed by atoms with Crippen LogP contribution in [0.2, 0.25) is 0 Å². The van der Waals surface area contributed by atoms with Crippen molar-refractivity contribution in [1.82, 2.24) is 16.0 Å². The van der Waals surface area contributed by atoms with Crippen molar-refractivity contribution in [2.75, 3.05) is 5.75 Å². The molecule has 204 valence electrons. The number of hydrogen-bond acceptors (Lipinski definition) is 8. The molecule has 0 aliphatic rings. The molecule has 0 fully saturated rings. The Kier molecular flexibility index (Phi) is 11.6. The quantitative estimate of drug-likeness (QED) is 0.135. The van der Waals surface area contributed by atoms with Crippen molar-refractivity contribution in [1.29, 1.82) is 0 Å². The summed E-state index contributed by atoms with van der Waals surface area (Å²) in [5, 5.41) is 26.0. The molecule has 4 amide bonds. The minimum absolute atomic E-state index is 0.00836. The molecule has 0 heterocycles. The van der Waals surface area contributed by atoms with E-state index in [1.54, 1.807) is 42.5 Å². The summed E-state index contributed by atoms with van der Waals surface area (Å²) in [6, 6.07) is 9.58. The average Bonchev–Trinajstić information content (AvgIpc) is 2.87. The zero-order valence-electron chi connectivity index (χ0n) is 20.4. The third-order valence-electron chi connectivity index (χ3n) is 5.48. The summed E-state index contributed by atoms with van der Waals surface area (Å²) in [5.41, 5.74) is 12.5. The molecule has 0 aliphatic carbocycles. The van der Waals surface area contributed by atoms with E-state index in [2.05, 4.69) is 28.6 Å². The van der Waals surface area contributed by atoms with Crippen LogP contribution in [0, 0.1) is 0 Å². The number of benzene rings is 2. The van der Waals surface area contributed by atoms with Crippen LogP contribution in [-0.2, 0) is 36.8 Å². The van der Waals surface area contributed by atoms with Gasteiger partial charge in [0.1, 0.15) is 23.9 Å². The van der Waals surface area contributed by atoms with Crippen molar-refractivity contribution in [3.63, 3.8) is 0 Å². The van der Waals surface area contributed by atoms with E-state index < -0.39 is 60.2 Å². The summed E-state index contributed by atoms with van der Waals surface area (Å²) in [5.74, 6) is -4.79. The highest BCUT2D eigenvalue weighted by Gasteiger charge is 2.30. The summed E-state index contributed by atoms with van der Waals surface area (Å²) >= 11 is 4.07. The van der Waals surface area contributed by atoms with Gasteiger partial charge in [-0.15, -0.1) is 0 Å². The van der Waals surface area contributed by atoms with Crippen LogP contribution in [0.25, 0.3) is 0 Å². The summed E-state index contributed by atoms with van der Waals surface area (Å²) in [6.45, 7) is 0. The molecule has 12 nitrogen and oxygen atoms in total. The van der Waals surface area contributed by atoms with Gasteiger partial charge in [0.25, 0.3) is 0 Å². The van der Waals surface area contributed by atoms with Crippen LogP contribution >= 0.6 is 12.6 Å². The van der Waals surface area contributed by atoms with Gasteiger partial charge in [0.2, 0.25) is 23.6 Å². The smallest absolute Gasteiger partial charge is 0.326 e. The maximum atomic E-state index is 12.9. The van der Waals surface area contributed by atoms with Gasteiger partial charge >= 0.3 is 5.97 Å². The van der Waals surface area contributed by atoms with Crippen molar-refractivity contribution >= 4 is 42.2 Å². The van der Waals surface area contributed by atoms with Crippen LogP contribution in [0.4, 0.5) is 0 Å². The van der Waals surface area contributed by atoms with Crippen LogP contribution in [0.1, 0.15) is 17.5 Å². The maximum Gasteiger partial charge on any atom is 0.326 e. The van der Waals surface area contributed by atoms with Crippen LogP contribution in [0.5, 0.6) is 5.75 Å². The predicted octanol–water partition coefficient (Wildman–Crippen LogP) is -1.15. The first-order chi connectivity index (χ1) is 18.0. The highest BCUT2D eigenvalue weighted by Crippen LogP contribution is 2.11. The standard InChI is InChI=1S/C25H31N5O7S/c26-17(10-15-6-8-16(31)9-7-15)22(33)28-18(12-21(27)32)23(34)30-20(13-38)24(35)29-19(25(36)37)11-14-4-2-1-3-5-14/h1-9,17-20,31,38H,10-13,26H2,(H2,27,32)(H,28,33)(H,29,35)(H,30,34)(H,36,37). The largest absolute Gasteiger partial charge is 0.508 e. The number of rotatable bonds is 14. The number of nitrogens with one attached hydrogen (secondary N) is 3. The number of carbonyl (C=O) groups excluding carboxylic acids is 4. The number of carboxylic acids is 1. The number of carboxylic acid groups (broad SMARTS) is 1. The number of thiol groups is 1. The molecule has 0 radical (unpaired) electrons. The van der Waals surface area contributed by atoms with Gasteiger partial charge in [-0.05, 0) is 29.7 Å². The monoisotopic (exact) mass is 545 g/mol. The Morgan fingerprint density at radius 3 is 1.84 bits per heavy atom. The van der Waals surface area contributed by atoms with E-state index in [1.165, 1.54) is 12.1 Å². The van der Waals surface area contributed by atoms with E-state index in [4.69, 9.17) is 11.5 Å². The summed E-state index contributed by atoms with van der Waals surface area (Å²) in [6.07, 6.45) is -0.485. The number of aliphatic carboxylic acids is 1. The minimum Gasteiger partial charge on any atom is -0.508 e. The molecule has 9 N–H and O–H groups in total. The second-order valence-corrected chi connectivity index (χ2v) is 8.91. The van der Waals surface area contributed by atoms with E-state index in [0.717, 1.165) is 0 Å². The molecule has 2 rings (SSSR count). The number of phenolic OH excluding ortho intramolecular Hbond substituents is 1. The Balaban J connectivity index is 2.04. The van der Waals surface area contributed by atoms with Crippen molar-refractivity contribution < 1.29 is 34.2 Å². The molecule has 0 saturated heterocycles. The lowest BCUT2D eigenvalue weighted by Gasteiger charge is -2.24. The number of nitrogens with two attached hydrogens (primary N) is 2. The molecule has 2 aromatic rings. The van der Waals surface area contributed by atoms with Crippen LogP contribution in [-0.4, -0.2) is 69.7 Å². The second-order valence-electron chi connectivity index (χ2n) is 8.54. The van der Waals surface area contributed by atoms with Crippen molar-refractivity contribution in [2.45, 2.75) is 43.4 Å². The molecule has 0 aromatic heterocycles. The first-order valence-corrected chi connectivity index (χ1v) is 12.2. The predicted molar refractivity (Wildman–Crippen MR) is 141 cm³/mol. The van der Waals surface area contributed by atoms with Gasteiger partial charge in [0, 0.05) is 12.2 Å². The first kappa shape index (κ1) is 30.1. The van der Waals surface area contributed by atoms with Gasteiger partial charge in [-0.25, -0.2) is 4.79 Å². The van der Waals surface area contributed by atoms with Crippen molar-refractivity contribution in [2.24, 2.45) is 11.5 Å². The van der Waals surface area contributed by atoms with Crippen molar-refractivity contribution in [3.05, 3.63) is 65.7 Å². The molecule has 4 unspecified atom stereocenters. The van der Waals surface area contributed by atoms with Crippen LogP contribution < -0.4 is 27.4 Å². The lowest BCUT2D eigenvalue weighted by atomic mass is 10.0. The summed E-state index contributed by atoms with van der Waals surface area (Å²) < 4.78 is 0. The highest BCUT2D eigenvalue weighted by molar-refractivity contribution is 7.80. The van der Waals surface area contributed by atoms with Gasteiger partial charge < -0.3 is 37.6 Å². The molecule has 4 atom stereocenters. The van der Waals surface area contributed by atoms with Crippen molar-refractivity contribution in [3.8, 4) is 5.75 Å². The fourth-order valence-corrected chi connectivity index (χ4v) is 3.71. The zero-order valence-corrected chi connectivity index (χ0v) is 21.3.